The molecule has 0 aliphatic heterocycles. The average molecular weight is 300 g/mol. The molecule has 2 aromatic rings. The SMILES string of the molecule is Cc1ccc(NC(=O)[C@@H]2CCC[C@@H]2CN)cc1-n1cnnn1. The number of aromatic nitrogens is 4. The van der Waals surface area contributed by atoms with Crippen molar-refractivity contribution in [1.29, 1.82) is 0 Å². The highest BCUT2D eigenvalue weighted by molar-refractivity contribution is 5.93. The first-order valence-corrected chi connectivity index (χ1v) is 7.54. The number of nitrogens with one attached hydrogen (secondary N) is 1. The molecule has 0 spiro atoms. The van der Waals surface area contributed by atoms with E-state index in [1.165, 1.54) is 6.33 Å². The number of hydrogen-bond donors (Lipinski definition) is 2. The van der Waals surface area contributed by atoms with Gasteiger partial charge in [0.05, 0.1) is 5.69 Å². The first kappa shape index (κ1) is 14.6. The van der Waals surface area contributed by atoms with Gasteiger partial charge in [-0.25, -0.2) is 4.68 Å². The minimum absolute atomic E-state index is 0.0165. The molecule has 22 heavy (non-hydrogen) atoms. The topological polar surface area (TPSA) is 98.7 Å². The van der Waals surface area contributed by atoms with Crippen LogP contribution in [0.2, 0.25) is 0 Å². The van der Waals surface area contributed by atoms with Gasteiger partial charge in [0.1, 0.15) is 6.33 Å². The second-order valence-electron chi connectivity index (χ2n) is 5.78. The van der Waals surface area contributed by atoms with Crippen LogP contribution in [-0.2, 0) is 4.79 Å². The molecule has 1 aromatic carbocycles. The molecule has 1 heterocycles. The minimum atomic E-state index is 0.0165. The van der Waals surface area contributed by atoms with Crippen LogP contribution in [-0.4, -0.2) is 32.7 Å². The van der Waals surface area contributed by atoms with E-state index in [-0.39, 0.29) is 11.8 Å². The maximum atomic E-state index is 12.5. The second kappa shape index (κ2) is 6.23. The summed E-state index contributed by atoms with van der Waals surface area (Å²) in [4.78, 5) is 12.5. The molecule has 1 amide bonds. The molecule has 1 fully saturated rings. The highest BCUT2D eigenvalue weighted by atomic mass is 16.1. The first-order valence-electron chi connectivity index (χ1n) is 7.54. The standard InChI is InChI=1S/C15H20N6O/c1-10-5-6-12(7-14(10)21-9-17-19-20-21)18-15(22)13-4-2-3-11(13)8-16/h5-7,9,11,13H,2-4,8,16H2,1H3,(H,18,22)/t11-,13-/m1/s1. The molecule has 7 heteroatoms. The van der Waals surface area contributed by atoms with Gasteiger partial charge in [-0.05, 0) is 60.4 Å². The van der Waals surface area contributed by atoms with Gasteiger partial charge >= 0.3 is 0 Å². The van der Waals surface area contributed by atoms with E-state index >= 15 is 0 Å². The maximum absolute atomic E-state index is 12.5. The predicted octanol–water partition coefficient (Wildman–Crippen LogP) is 1.28. The normalized spacial score (nSPS) is 21.0. The molecule has 0 unspecified atom stereocenters. The van der Waals surface area contributed by atoms with Gasteiger partial charge < -0.3 is 11.1 Å². The van der Waals surface area contributed by atoms with Crippen LogP contribution in [0, 0.1) is 18.8 Å². The maximum Gasteiger partial charge on any atom is 0.227 e. The first-order chi connectivity index (χ1) is 10.7. The van der Waals surface area contributed by atoms with Gasteiger partial charge in [0.25, 0.3) is 0 Å². The lowest BCUT2D eigenvalue weighted by molar-refractivity contribution is -0.120. The Hall–Kier alpha value is -2.28. The molecule has 1 aliphatic carbocycles. The molecule has 2 atom stereocenters. The summed E-state index contributed by atoms with van der Waals surface area (Å²) in [6.45, 7) is 2.55. The lowest BCUT2D eigenvalue weighted by atomic mass is 9.95. The van der Waals surface area contributed by atoms with E-state index < -0.39 is 0 Å². The summed E-state index contributed by atoms with van der Waals surface area (Å²) < 4.78 is 1.59. The number of tetrazole rings is 1. The van der Waals surface area contributed by atoms with Gasteiger partial charge in [-0.2, -0.15) is 0 Å². The molecule has 0 radical (unpaired) electrons. The van der Waals surface area contributed by atoms with Crippen LogP contribution < -0.4 is 11.1 Å². The smallest absolute Gasteiger partial charge is 0.227 e. The third kappa shape index (κ3) is 2.85. The van der Waals surface area contributed by atoms with Crippen LogP contribution in [0.4, 0.5) is 5.69 Å². The van der Waals surface area contributed by atoms with Crippen LogP contribution in [0.5, 0.6) is 0 Å². The number of hydrogen-bond acceptors (Lipinski definition) is 5. The van der Waals surface area contributed by atoms with Gasteiger partial charge in [-0.3, -0.25) is 4.79 Å². The Balaban J connectivity index is 1.78. The van der Waals surface area contributed by atoms with Crippen LogP contribution in [0.25, 0.3) is 5.69 Å². The Bertz CT molecular complexity index is 654. The molecule has 1 aliphatic rings. The van der Waals surface area contributed by atoms with E-state index in [0.717, 1.165) is 36.2 Å². The van der Waals surface area contributed by atoms with E-state index in [1.54, 1.807) is 4.68 Å². The quantitative estimate of drug-likeness (QED) is 0.886. The summed E-state index contributed by atoms with van der Waals surface area (Å²) in [6.07, 6.45) is 4.57. The number of carbonyl (C=O) groups is 1. The lowest BCUT2D eigenvalue weighted by Crippen LogP contribution is -2.29. The fourth-order valence-electron chi connectivity index (χ4n) is 3.10. The Morgan fingerprint density at radius 3 is 3.05 bits per heavy atom. The lowest BCUT2D eigenvalue weighted by Gasteiger charge is -2.18. The van der Waals surface area contributed by atoms with Gasteiger partial charge in [0.2, 0.25) is 5.91 Å². The number of aryl methyl sites for hydroxylation is 1. The number of rotatable bonds is 4. The van der Waals surface area contributed by atoms with Crippen molar-refractivity contribution in [1.82, 2.24) is 20.2 Å². The van der Waals surface area contributed by atoms with Gasteiger partial charge in [-0.1, -0.05) is 12.5 Å². The van der Waals surface area contributed by atoms with Crippen molar-refractivity contribution in [3.8, 4) is 5.69 Å². The zero-order valence-corrected chi connectivity index (χ0v) is 12.6. The van der Waals surface area contributed by atoms with Crippen molar-refractivity contribution in [2.75, 3.05) is 11.9 Å². The van der Waals surface area contributed by atoms with Crippen LogP contribution in [0.3, 0.4) is 0 Å². The Kier molecular flexibility index (Phi) is 4.15. The van der Waals surface area contributed by atoms with Crippen LogP contribution >= 0.6 is 0 Å². The van der Waals surface area contributed by atoms with Crippen molar-refractivity contribution < 1.29 is 4.79 Å². The van der Waals surface area contributed by atoms with Crippen molar-refractivity contribution in [2.24, 2.45) is 17.6 Å². The summed E-state index contributed by atoms with van der Waals surface area (Å²) in [5.41, 5.74) is 8.40. The highest BCUT2D eigenvalue weighted by Crippen LogP contribution is 2.32. The summed E-state index contributed by atoms with van der Waals surface area (Å²) in [6, 6.07) is 5.73. The van der Waals surface area contributed by atoms with E-state index in [2.05, 4.69) is 20.8 Å². The van der Waals surface area contributed by atoms with Crippen molar-refractivity contribution in [3.63, 3.8) is 0 Å². The minimum Gasteiger partial charge on any atom is -0.330 e. The third-order valence-electron chi connectivity index (χ3n) is 4.37. The van der Waals surface area contributed by atoms with Crippen molar-refractivity contribution >= 4 is 11.6 Å². The zero-order valence-electron chi connectivity index (χ0n) is 12.6. The Morgan fingerprint density at radius 1 is 1.45 bits per heavy atom. The van der Waals surface area contributed by atoms with Gasteiger partial charge in [0.15, 0.2) is 0 Å². The van der Waals surface area contributed by atoms with E-state index in [0.29, 0.717) is 12.5 Å². The monoisotopic (exact) mass is 300 g/mol. The molecule has 7 nitrogen and oxygen atoms in total. The Morgan fingerprint density at radius 2 is 2.32 bits per heavy atom. The van der Waals surface area contributed by atoms with Gasteiger partial charge in [-0.15, -0.1) is 5.10 Å². The predicted molar refractivity (Wildman–Crippen MR) is 82.4 cm³/mol. The average Bonchev–Trinajstić information content (AvgIpc) is 3.20. The van der Waals surface area contributed by atoms with Gasteiger partial charge in [0, 0.05) is 11.6 Å². The molecular formula is C15H20N6O. The van der Waals surface area contributed by atoms with Crippen molar-refractivity contribution in [2.45, 2.75) is 26.2 Å². The zero-order chi connectivity index (χ0) is 15.5. The molecule has 3 N–H and O–H groups in total. The largest absolute Gasteiger partial charge is 0.330 e. The Labute approximate surface area is 128 Å². The highest BCUT2D eigenvalue weighted by Gasteiger charge is 2.31. The molecule has 3 rings (SSSR count). The molecular weight excluding hydrogens is 280 g/mol. The molecule has 0 saturated heterocycles. The number of amides is 1. The van der Waals surface area contributed by atoms with E-state index in [9.17, 15) is 4.79 Å². The number of anilines is 1. The summed E-state index contributed by atoms with van der Waals surface area (Å²) in [7, 11) is 0. The summed E-state index contributed by atoms with van der Waals surface area (Å²) in [5.74, 6) is 0.367. The fraction of sp³-hybridized carbons (Fsp3) is 0.467. The number of carbonyl (C=O) groups excluding carboxylic acids is 1. The number of benzene rings is 1. The summed E-state index contributed by atoms with van der Waals surface area (Å²) >= 11 is 0. The number of nitrogens with zero attached hydrogens (tertiary/aromatic N) is 4. The molecule has 1 saturated carbocycles. The second-order valence-corrected chi connectivity index (χ2v) is 5.78. The molecule has 1 aromatic heterocycles. The molecule has 0 bridgehead atoms. The van der Waals surface area contributed by atoms with Crippen LogP contribution in [0.1, 0.15) is 24.8 Å². The summed E-state index contributed by atoms with van der Waals surface area (Å²) in [5, 5.41) is 14.2. The fourth-order valence-corrected chi connectivity index (χ4v) is 3.10. The van der Waals surface area contributed by atoms with E-state index in [4.69, 9.17) is 5.73 Å². The van der Waals surface area contributed by atoms with Crippen LogP contribution in [0.15, 0.2) is 24.5 Å². The molecule has 116 valence electrons. The third-order valence-corrected chi connectivity index (χ3v) is 4.37. The number of nitrogens with two attached hydrogens (primary N) is 1. The van der Waals surface area contributed by atoms with Crippen molar-refractivity contribution in [3.05, 3.63) is 30.1 Å². The van der Waals surface area contributed by atoms with E-state index in [1.807, 2.05) is 25.1 Å².